The zero-order valence-corrected chi connectivity index (χ0v) is 9.13. The fourth-order valence-corrected chi connectivity index (χ4v) is 2.94. The highest BCUT2D eigenvalue weighted by Crippen LogP contribution is 2.12. The highest BCUT2D eigenvalue weighted by Gasteiger charge is 2.23. The van der Waals surface area contributed by atoms with Crippen LogP contribution >= 0.6 is 0 Å². The molecule has 1 aliphatic rings. The van der Waals surface area contributed by atoms with Crippen molar-refractivity contribution in [3.05, 3.63) is 30.3 Å². The van der Waals surface area contributed by atoms with Crippen LogP contribution in [0.5, 0.6) is 0 Å². The Morgan fingerprint density at radius 1 is 1.27 bits per heavy atom. The first-order valence-electron chi connectivity index (χ1n) is 4.92. The molecular weight excluding hydrogens is 212 g/mol. The molecule has 0 bridgehead atoms. The van der Waals surface area contributed by atoms with Gasteiger partial charge in [0, 0.05) is 18.8 Å². The largest absolute Gasteiger partial charge is 0.316 e. The quantitative estimate of drug-likeness (QED) is 0.792. The van der Waals surface area contributed by atoms with Crippen molar-refractivity contribution >= 4 is 15.7 Å². The van der Waals surface area contributed by atoms with Gasteiger partial charge in [-0.15, -0.1) is 0 Å². The summed E-state index contributed by atoms with van der Waals surface area (Å²) in [7, 11) is -3.18. The van der Waals surface area contributed by atoms with Crippen LogP contribution in [0.1, 0.15) is 0 Å². The summed E-state index contributed by atoms with van der Waals surface area (Å²) >= 11 is 0. The Hall–Kier alpha value is -1.07. The molecule has 0 unspecified atom stereocenters. The molecule has 82 valence electrons. The molecular formula is C10H14N2O2S. The Morgan fingerprint density at radius 2 is 1.93 bits per heavy atom. The maximum absolute atomic E-state index is 11.7. The second-order valence-corrected chi connectivity index (χ2v) is 5.54. The van der Waals surface area contributed by atoms with Crippen molar-refractivity contribution in [1.29, 1.82) is 0 Å². The fourth-order valence-electron chi connectivity index (χ4n) is 1.50. The Balaban J connectivity index is 1.98. The zero-order valence-electron chi connectivity index (χ0n) is 8.31. The molecule has 0 saturated carbocycles. The van der Waals surface area contributed by atoms with E-state index in [4.69, 9.17) is 0 Å². The Kier molecular flexibility index (Phi) is 2.93. The number of para-hydroxylation sites is 1. The van der Waals surface area contributed by atoms with Gasteiger partial charge in [0.05, 0.1) is 5.75 Å². The van der Waals surface area contributed by atoms with Gasteiger partial charge in [0.25, 0.3) is 0 Å². The average Bonchev–Trinajstić information content (AvgIpc) is 2.13. The Morgan fingerprint density at radius 3 is 2.47 bits per heavy atom. The van der Waals surface area contributed by atoms with E-state index < -0.39 is 10.0 Å². The van der Waals surface area contributed by atoms with Gasteiger partial charge in [-0.2, -0.15) is 0 Å². The van der Waals surface area contributed by atoms with Crippen LogP contribution in [-0.4, -0.2) is 27.3 Å². The smallest absolute Gasteiger partial charge is 0.233 e. The zero-order chi connectivity index (χ0) is 10.7. The van der Waals surface area contributed by atoms with Crippen LogP contribution in [-0.2, 0) is 10.0 Å². The molecule has 0 radical (unpaired) electrons. The SMILES string of the molecule is O=S(=O)(CC1CNC1)Nc1ccccc1. The van der Waals surface area contributed by atoms with Gasteiger partial charge in [0.2, 0.25) is 10.0 Å². The van der Waals surface area contributed by atoms with E-state index in [9.17, 15) is 8.42 Å². The minimum atomic E-state index is -3.18. The lowest BCUT2D eigenvalue weighted by molar-refractivity contribution is 0.379. The Labute approximate surface area is 89.7 Å². The van der Waals surface area contributed by atoms with E-state index in [2.05, 4.69) is 10.0 Å². The summed E-state index contributed by atoms with van der Waals surface area (Å²) in [5.41, 5.74) is 0.629. The van der Waals surface area contributed by atoms with E-state index in [-0.39, 0.29) is 11.7 Å². The lowest BCUT2D eigenvalue weighted by Gasteiger charge is -2.26. The molecule has 0 atom stereocenters. The van der Waals surface area contributed by atoms with Crippen molar-refractivity contribution in [3.63, 3.8) is 0 Å². The summed E-state index contributed by atoms with van der Waals surface area (Å²) in [5, 5.41) is 3.06. The van der Waals surface area contributed by atoms with Crippen LogP contribution in [0.3, 0.4) is 0 Å². The van der Waals surface area contributed by atoms with Crippen molar-refractivity contribution in [2.75, 3.05) is 23.6 Å². The van der Waals surface area contributed by atoms with Crippen LogP contribution in [0.2, 0.25) is 0 Å². The molecule has 1 aliphatic heterocycles. The molecule has 5 heteroatoms. The number of rotatable bonds is 4. The summed E-state index contributed by atoms with van der Waals surface area (Å²) in [6, 6.07) is 8.96. The molecule has 1 heterocycles. The van der Waals surface area contributed by atoms with Gasteiger partial charge in [0.15, 0.2) is 0 Å². The summed E-state index contributed by atoms with van der Waals surface area (Å²) in [6.07, 6.45) is 0. The lowest BCUT2D eigenvalue weighted by Crippen LogP contribution is -2.46. The predicted molar refractivity (Wildman–Crippen MR) is 60.2 cm³/mol. The number of hydrogen-bond donors (Lipinski definition) is 2. The highest BCUT2D eigenvalue weighted by molar-refractivity contribution is 7.92. The maximum atomic E-state index is 11.7. The molecule has 15 heavy (non-hydrogen) atoms. The third-order valence-electron chi connectivity index (χ3n) is 2.37. The van der Waals surface area contributed by atoms with E-state index in [0.717, 1.165) is 13.1 Å². The maximum Gasteiger partial charge on any atom is 0.233 e. The average molecular weight is 226 g/mol. The highest BCUT2D eigenvalue weighted by atomic mass is 32.2. The minimum absolute atomic E-state index is 0.203. The fraction of sp³-hybridized carbons (Fsp3) is 0.400. The normalized spacial score (nSPS) is 17.1. The number of sulfonamides is 1. The molecule has 0 aromatic heterocycles. The topological polar surface area (TPSA) is 58.2 Å². The van der Waals surface area contributed by atoms with Crippen LogP contribution < -0.4 is 10.0 Å². The first kappa shape index (κ1) is 10.4. The van der Waals surface area contributed by atoms with Crippen molar-refractivity contribution < 1.29 is 8.42 Å². The van der Waals surface area contributed by atoms with Crippen molar-refractivity contribution in [1.82, 2.24) is 5.32 Å². The molecule has 1 aromatic rings. The van der Waals surface area contributed by atoms with E-state index in [1.54, 1.807) is 12.1 Å². The molecule has 1 saturated heterocycles. The van der Waals surface area contributed by atoms with E-state index in [1.807, 2.05) is 18.2 Å². The second kappa shape index (κ2) is 4.20. The minimum Gasteiger partial charge on any atom is -0.316 e. The summed E-state index contributed by atoms with van der Waals surface area (Å²) < 4.78 is 25.9. The standard InChI is InChI=1S/C10H14N2O2S/c13-15(14,8-9-6-11-7-9)12-10-4-2-1-3-5-10/h1-5,9,11-12H,6-8H2. The summed E-state index contributed by atoms with van der Waals surface area (Å²) in [6.45, 7) is 1.60. The second-order valence-electron chi connectivity index (χ2n) is 3.77. The van der Waals surface area contributed by atoms with Gasteiger partial charge in [-0.05, 0) is 18.1 Å². The molecule has 0 spiro atoms. The predicted octanol–water partition coefficient (Wildman–Crippen LogP) is 0.648. The van der Waals surface area contributed by atoms with Gasteiger partial charge in [0.1, 0.15) is 0 Å². The van der Waals surface area contributed by atoms with Gasteiger partial charge in [-0.25, -0.2) is 8.42 Å². The van der Waals surface area contributed by atoms with Crippen molar-refractivity contribution in [2.24, 2.45) is 5.92 Å². The molecule has 0 amide bonds. The summed E-state index contributed by atoms with van der Waals surface area (Å²) in [4.78, 5) is 0. The van der Waals surface area contributed by atoms with Crippen LogP contribution in [0.25, 0.3) is 0 Å². The van der Waals surface area contributed by atoms with Crippen molar-refractivity contribution in [3.8, 4) is 0 Å². The number of hydrogen-bond acceptors (Lipinski definition) is 3. The van der Waals surface area contributed by atoms with Gasteiger partial charge in [-0.3, -0.25) is 4.72 Å². The van der Waals surface area contributed by atoms with Gasteiger partial charge >= 0.3 is 0 Å². The monoisotopic (exact) mass is 226 g/mol. The van der Waals surface area contributed by atoms with Crippen LogP contribution in [0.4, 0.5) is 5.69 Å². The molecule has 0 aliphatic carbocycles. The first-order valence-corrected chi connectivity index (χ1v) is 6.57. The Bertz CT molecular complexity index is 412. The van der Waals surface area contributed by atoms with Crippen LogP contribution in [0, 0.1) is 5.92 Å². The molecule has 2 rings (SSSR count). The van der Waals surface area contributed by atoms with Gasteiger partial charge < -0.3 is 5.32 Å². The van der Waals surface area contributed by atoms with E-state index >= 15 is 0 Å². The van der Waals surface area contributed by atoms with Crippen molar-refractivity contribution in [2.45, 2.75) is 0 Å². The van der Waals surface area contributed by atoms with Gasteiger partial charge in [-0.1, -0.05) is 18.2 Å². The van der Waals surface area contributed by atoms with E-state index in [1.165, 1.54) is 0 Å². The molecule has 1 fully saturated rings. The first-order chi connectivity index (χ1) is 7.16. The van der Waals surface area contributed by atoms with Crippen LogP contribution in [0.15, 0.2) is 30.3 Å². The number of nitrogens with one attached hydrogen (secondary N) is 2. The lowest BCUT2D eigenvalue weighted by atomic mass is 10.1. The molecule has 4 nitrogen and oxygen atoms in total. The van der Waals surface area contributed by atoms with E-state index in [0.29, 0.717) is 5.69 Å². The molecule has 2 N–H and O–H groups in total. The third-order valence-corrected chi connectivity index (χ3v) is 3.83. The number of anilines is 1. The molecule has 1 aromatic carbocycles. The third kappa shape index (κ3) is 2.94. The summed E-state index contributed by atoms with van der Waals surface area (Å²) in [5.74, 6) is 0.459. The number of benzene rings is 1.